The first kappa shape index (κ1) is 16.2. The number of hydrogen-bond donors (Lipinski definition) is 1. The van der Waals surface area contributed by atoms with Gasteiger partial charge in [0.25, 0.3) is 0 Å². The van der Waals surface area contributed by atoms with Crippen LogP contribution in [-0.4, -0.2) is 49.6 Å². The molecule has 1 aromatic carbocycles. The second-order valence-electron chi connectivity index (χ2n) is 5.45. The van der Waals surface area contributed by atoms with Crippen molar-refractivity contribution in [2.45, 2.75) is 32.4 Å². The molecule has 2 unspecified atom stereocenters. The molecule has 2 atom stereocenters. The Bertz CT molecular complexity index is 337. The SMILES string of the molecule is CCN(C(C)CN(C)C)C(CCN)c1ccccc1. The van der Waals surface area contributed by atoms with E-state index in [0.717, 1.165) is 26.1 Å². The fourth-order valence-corrected chi connectivity index (χ4v) is 2.83. The van der Waals surface area contributed by atoms with E-state index in [1.54, 1.807) is 0 Å². The monoisotopic (exact) mass is 263 g/mol. The summed E-state index contributed by atoms with van der Waals surface area (Å²) in [5.74, 6) is 0. The van der Waals surface area contributed by atoms with Gasteiger partial charge in [-0.15, -0.1) is 0 Å². The summed E-state index contributed by atoms with van der Waals surface area (Å²) < 4.78 is 0. The van der Waals surface area contributed by atoms with Crippen LogP contribution in [0.3, 0.4) is 0 Å². The van der Waals surface area contributed by atoms with Crippen molar-refractivity contribution in [3.63, 3.8) is 0 Å². The van der Waals surface area contributed by atoms with Gasteiger partial charge in [0.2, 0.25) is 0 Å². The van der Waals surface area contributed by atoms with Crippen LogP contribution in [0.4, 0.5) is 0 Å². The van der Waals surface area contributed by atoms with Gasteiger partial charge in [-0.05, 0) is 46.1 Å². The molecule has 0 spiro atoms. The van der Waals surface area contributed by atoms with Gasteiger partial charge in [-0.3, -0.25) is 4.90 Å². The predicted octanol–water partition coefficient (Wildman–Crippen LogP) is 2.35. The summed E-state index contributed by atoms with van der Waals surface area (Å²) in [6, 6.07) is 11.7. The smallest absolute Gasteiger partial charge is 0.0363 e. The van der Waals surface area contributed by atoms with Crippen LogP contribution in [0.5, 0.6) is 0 Å². The van der Waals surface area contributed by atoms with E-state index in [1.807, 2.05) is 0 Å². The first-order valence-corrected chi connectivity index (χ1v) is 7.25. The van der Waals surface area contributed by atoms with Gasteiger partial charge in [0, 0.05) is 18.6 Å². The fraction of sp³-hybridized carbons (Fsp3) is 0.625. The van der Waals surface area contributed by atoms with E-state index < -0.39 is 0 Å². The molecule has 2 N–H and O–H groups in total. The minimum atomic E-state index is 0.422. The largest absolute Gasteiger partial charge is 0.330 e. The van der Waals surface area contributed by atoms with Crippen molar-refractivity contribution in [3.8, 4) is 0 Å². The summed E-state index contributed by atoms with van der Waals surface area (Å²) in [4.78, 5) is 4.81. The Balaban J connectivity index is 2.88. The highest BCUT2D eigenvalue weighted by Gasteiger charge is 2.23. The summed E-state index contributed by atoms with van der Waals surface area (Å²) in [5.41, 5.74) is 7.20. The molecule has 0 aliphatic heterocycles. The Morgan fingerprint density at radius 3 is 2.26 bits per heavy atom. The summed E-state index contributed by atoms with van der Waals surface area (Å²) in [7, 11) is 4.26. The second-order valence-corrected chi connectivity index (χ2v) is 5.45. The van der Waals surface area contributed by atoms with Gasteiger partial charge in [-0.1, -0.05) is 37.3 Å². The van der Waals surface area contributed by atoms with Crippen LogP contribution in [-0.2, 0) is 0 Å². The molecule has 0 amide bonds. The lowest BCUT2D eigenvalue weighted by Gasteiger charge is -2.37. The van der Waals surface area contributed by atoms with E-state index in [0.29, 0.717) is 12.1 Å². The normalized spacial score (nSPS) is 14.9. The highest BCUT2D eigenvalue weighted by Crippen LogP contribution is 2.25. The van der Waals surface area contributed by atoms with Crippen molar-refractivity contribution in [1.82, 2.24) is 9.80 Å². The van der Waals surface area contributed by atoms with Gasteiger partial charge in [0.05, 0.1) is 0 Å². The molecule has 0 saturated carbocycles. The van der Waals surface area contributed by atoms with Crippen molar-refractivity contribution in [2.24, 2.45) is 5.73 Å². The number of nitrogens with two attached hydrogens (primary N) is 1. The zero-order valence-electron chi connectivity index (χ0n) is 12.8. The zero-order valence-corrected chi connectivity index (χ0v) is 12.8. The number of likely N-dealkylation sites (N-methyl/N-ethyl adjacent to an activating group) is 2. The summed E-state index contributed by atoms with van der Waals surface area (Å²) >= 11 is 0. The van der Waals surface area contributed by atoms with E-state index in [-0.39, 0.29) is 0 Å². The van der Waals surface area contributed by atoms with Crippen molar-refractivity contribution in [2.75, 3.05) is 33.7 Å². The first-order valence-electron chi connectivity index (χ1n) is 7.25. The van der Waals surface area contributed by atoms with Crippen LogP contribution in [0.25, 0.3) is 0 Å². The molecule has 3 heteroatoms. The summed E-state index contributed by atoms with van der Waals surface area (Å²) in [5, 5.41) is 0. The van der Waals surface area contributed by atoms with Crippen LogP contribution < -0.4 is 5.73 Å². The van der Waals surface area contributed by atoms with Crippen molar-refractivity contribution < 1.29 is 0 Å². The Hall–Kier alpha value is -0.900. The van der Waals surface area contributed by atoms with Gasteiger partial charge in [-0.25, -0.2) is 0 Å². The van der Waals surface area contributed by atoms with Crippen molar-refractivity contribution >= 4 is 0 Å². The Morgan fingerprint density at radius 2 is 1.79 bits per heavy atom. The molecule has 0 saturated heterocycles. The van der Waals surface area contributed by atoms with Crippen molar-refractivity contribution in [3.05, 3.63) is 35.9 Å². The molecule has 0 radical (unpaired) electrons. The molecule has 0 bridgehead atoms. The van der Waals surface area contributed by atoms with Crippen molar-refractivity contribution in [1.29, 1.82) is 0 Å². The topological polar surface area (TPSA) is 32.5 Å². The summed E-state index contributed by atoms with van der Waals surface area (Å²) in [6.07, 6.45) is 1.01. The van der Waals surface area contributed by atoms with E-state index >= 15 is 0 Å². The van der Waals surface area contributed by atoms with Gasteiger partial charge in [0.1, 0.15) is 0 Å². The molecule has 0 fully saturated rings. The quantitative estimate of drug-likeness (QED) is 0.781. The van der Waals surface area contributed by atoms with Gasteiger partial charge >= 0.3 is 0 Å². The maximum absolute atomic E-state index is 5.82. The van der Waals surface area contributed by atoms with E-state index in [1.165, 1.54) is 5.56 Å². The molecular weight excluding hydrogens is 234 g/mol. The third kappa shape index (κ3) is 4.94. The van der Waals surface area contributed by atoms with Crippen LogP contribution in [0.15, 0.2) is 30.3 Å². The molecule has 1 rings (SSSR count). The first-order chi connectivity index (χ1) is 9.10. The molecule has 0 aliphatic rings. The molecular formula is C16H29N3. The van der Waals surface area contributed by atoms with E-state index in [9.17, 15) is 0 Å². The Labute approximate surface area is 118 Å². The maximum atomic E-state index is 5.82. The maximum Gasteiger partial charge on any atom is 0.0363 e. The number of rotatable bonds is 8. The molecule has 1 aromatic rings. The predicted molar refractivity (Wildman–Crippen MR) is 83.3 cm³/mol. The average molecular weight is 263 g/mol. The lowest BCUT2D eigenvalue weighted by Crippen LogP contribution is -2.42. The molecule has 19 heavy (non-hydrogen) atoms. The summed E-state index contributed by atoms with van der Waals surface area (Å²) in [6.45, 7) is 7.38. The Morgan fingerprint density at radius 1 is 1.16 bits per heavy atom. The van der Waals surface area contributed by atoms with Gasteiger partial charge < -0.3 is 10.6 Å². The van der Waals surface area contributed by atoms with Crippen LogP contribution in [0.2, 0.25) is 0 Å². The number of hydrogen-bond acceptors (Lipinski definition) is 3. The zero-order chi connectivity index (χ0) is 14.3. The standard InChI is InChI=1S/C16H29N3/c1-5-19(14(2)13-18(3)4)16(11-12-17)15-9-7-6-8-10-15/h6-10,14,16H,5,11-13,17H2,1-4H3. The minimum absolute atomic E-state index is 0.422. The third-order valence-corrected chi connectivity index (χ3v) is 3.59. The molecule has 0 aliphatic carbocycles. The highest BCUT2D eigenvalue weighted by molar-refractivity contribution is 5.19. The second kappa shape index (κ2) is 8.31. The molecule has 108 valence electrons. The number of benzene rings is 1. The lowest BCUT2D eigenvalue weighted by atomic mass is 10.00. The fourth-order valence-electron chi connectivity index (χ4n) is 2.83. The van der Waals surface area contributed by atoms with E-state index in [2.05, 4.69) is 68.1 Å². The minimum Gasteiger partial charge on any atom is -0.330 e. The van der Waals surface area contributed by atoms with Gasteiger partial charge in [-0.2, -0.15) is 0 Å². The molecule has 3 nitrogen and oxygen atoms in total. The van der Waals surface area contributed by atoms with Crippen LogP contribution in [0.1, 0.15) is 31.9 Å². The Kier molecular flexibility index (Phi) is 7.06. The molecule has 0 aromatic heterocycles. The van der Waals surface area contributed by atoms with Crippen LogP contribution >= 0.6 is 0 Å². The average Bonchev–Trinajstić information content (AvgIpc) is 2.39. The number of nitrogens with zero attached hydrogens (tertiary/aromatic N) is 2. The molecule has 0 heterocycles. The third-order valence-electron chi connectivity index (χ3n) is 3.59. The van der Waals surface area contributed by atoms with Gasteiger partial charge in [0.15, 0.2) is 0 Å². The highest BCUT2D eigenvalue weighted by atomic mass is 15.2. The lowest BCUT2D eigenvalue weighted by molar-refractivity contribution is 0.122. The van der Waals surface area contributed by atoms with Crippen LogP contribution in [0, 0.1) is 0 Å². The van der Waals surface area contributed by atoms with E-state index in [4.69, 9.17) is 5.73 Å².